The van der Waals surface area contributed by atoms with Crippen LogP contribution in [0, 0.1) is 6.92 Å². The quantitative estimate of drug-likeness (QED) is 0.409. The summed E-state index contributed by atoms with van der Waals surface area (Å²) in [5.41, 5.74) is 2.76. The maximum absolute atomic E-state index is 5.60. The van der Waals surface area contributed by atoms with Crippen LogP contribution in [0.5, 0.6) is 0 Å². The largest absolute Gasteiger partial charge is 0.387 e. The molecule has 0 atom stereocenters. The lowest BCUT2D eigenvalue weighted by molar-refractivity contribution is 0.123. The van der Waals surface area contributed by atoms with Crippen molar-refractivity contribution < 1.29 is 4.84 Å². The van der Waals surface area contributed by atoms with Crippen molar-refractivity contribution in [2.24, 2.45) is 5.16 Å². The number of nitrogens with zero attached hydrogens (tertiary/aromatic N) is 5. The van der Waals surface area contributed by atoms with Gasteiger partial charge in [-0.3, -0.25) is 0 Å². The smallest absolute Gasteiger partial charge is 0.234 e. The Balaban J connectivity index is 1.61. The lowest BCUT2D eigenvalue weighted by Crippen LogP contribution is -2.05. The van der Waals surface area contributed by atoms with E-state index in [1.165, 1.54) is 11.3 Å². The third kappa shape index (κ3) is 3.27. The number of hydrogen-bond acceptors (Lipinski definition) is 6. The highest BCUT2D eigenvalue weighted by molar-refractivity contribution is 7.16. The van der Waals surface area contributed by atoms with Crippen LogP contribution in [0.25, 0.3) is 4.96 Å². The molecule has 0 radical (unpaired) electrons. The van der Waals surface area contributed by atoms with Gasteiger partial charge in [0.2, 0.25) is 4.96 Å². The molecule has 0 bridgehead atoms. The van der Waals surface area contributed by atoms with Crippen molar-refractivity contribution in [3.8, 4) is 0 Å². The minimum atomic E-state index is 0.202. The highest BCUT2D eigenvalue weighted by Crippen LogP contribution is 2.14. The number of hydrogen-bond donors (Lipinski definition) is 0. The molecule has 4 aromatic rings. The van der Waals surface area contributed by atoms with Crippen LogP contribution in [0.3, 0.4) is 0 Å². The molecule has 0 N–H and O–H groups in total. The molecular weight excluding hydrogens is 334 g/mol. The van der Waals surface area contributed by atoms with Gasteiger partial charge in [0.25, 0.3) is 0 Å². The highest BCUT2D eigenvalue weighted by Gasteiger charge is 2.11. The number of oxime groups is 1. The van der Waals surface area contributed by atoms with Crippen LogP contribution in [-0.2, 0) is 11.4 Å². The molecule has 25 heavy (non-hydrogen) atoms. The predicted octanol–water partition coefficient (Wildman–Crippen LogP) is 3.46. The van der Waals surface area contributed by atoms with Crippen LogP contribution in [0.15, 0.2) is 65.8 Å². The van der Waals surface area contributed by atoms with Crippen molar-refractivity contribution >= 4 is 22.0 Å². The van der Waals surface area contributed by atoms with Gasteiger partial charge in [-0.2, -0.15) is 9.61 Å². The zero-order chi connectivity index (χ0) is 17.1. The first-order valence-corrected chi connectivity index (χ1v) is 8.61. The summed E-state index contributed by atoms with van der Waals surface area (Å²) in [5.74, 6) is 0.628. The average Bonchev–Trinajstić information content (AvgIpc) is 3.20. The fraction of sp³-hybridized carbons (Fsp3) is 0.111. The number of aromatic nitrogens is 4. The molecule has 6 nitrogen and oxygen atoms in total. The molecule has 0 fully saturated rings. The molecule has 0 amide bonds. The normalized spacial score (nSPS) is 10.8. The molecule has 7 heteroatoms. The van der Waals surface area contributed by atoms with Crippen molar-refractivity contribution in [2.75, 3.05) is 0 Å². The zero-order valence-electron chi connectivity index (χ0n) is 13.5. The van der Waals surface area contributed by atoms with Crippen LogP contribution in [0.2, 0.25) is 0 Å². The van der Waals surface area contributed by atoms with Gasteiger partial charge in [0.1, 0.15) is 10.7 Å². The fourth-order valence-electron chi connectivity index (χ4n) is 2.46. The van der Waals surface area contributed by atoms with Crippen molar-refractivity contribution in [1.29, 1.82) is 0 Å². The first-order chi connectivity index (χ1) is 12.3. The number of fused-ring (bicyclic) bond motifs is 1. The van der Waals surface area contributed by atoms with E-state index in [4.69, 9.17) is 4.84 Å². The summed E-state index contributed by atoms with van der Waals surface area (Å²) in [6.07, 6.45) is 0. The van der Waals surface area contributed by atoms with Gasteiger partial charge in [-0.05, 0) is 6.92 Å². The molecule has 2 aromatic carbocycles. The van der Waals surface area contributed by atoms with Crippen molar-refractivity contribution in [3.05, 3.63) is 82.6 Å². The van der Waals surface area contributed by atoms with Crippen LogP contribution in [0.4, 0.5) is 0 Å². The molecule has 0 saturated carbocycles. The van der Waals surface area contributed by atoms with Crippen molar-refractivity contribution in [3.63, 3.8) is 0 Å². The Bertz CT molecular complexity index is 966. The Morgan fingerprint density at radius 2 is 1.64 bits per heavy atom. The van der Waals surface area contributed by atoms with E-state index in [0.717, 1.165) is 26.8 Å². The molecule has 0 aliphatic rings. The lowest BCUT2D eigenvalue weighted by atomic mass is 10.0. The summed E-state index contributed by atoms with van der Waals surface area (Å²) in [6.45, 7) is 2.14. The van der Waals surface area contributed by atoms with Crippen LogP contribution >= 0.6 is 11.3 Å². The van der Waals surface area contributed by atoms with Crippen LogP contribution in [0.1, 0.15) is 22.0 Å². The molecule has 0 aliphatic carbocycles. The SMILES string of the molecule is Cc1nn2c(CON=C(c3ccccc3)c3ccccc3)nnc2s1. The highest BCUT2D eigenvalue weighted by atomic mass is 32.1. The molecule has 0 aliphatic heterocycles. The molecule has 4 rings (SSSR count). The molecule has 124 valence electrons. The van der Waals surface area contributed by atoms with E-state index in [0.29, 0.717) is 5.82 Å². The van der Waals surface area contributed by atoms with E-state index < -0.39 is 0 Å². The summed E-state index contributed by atoms with van der Waals surface area (Å²) in [7, 11) is 0. The standard InChI is InChI=1S/C18H15N5OS/c1-13-21-23-16(19-20-18(23)25-13)12-24-22-17(14-8-4-2-5-9-14)15-10-6-3-7-11-15/h2-11H,12H2,1H3. The van der Waals surface area contributed by atoms with E-state index in [-0.39, 0.29) is 6.61 Å². The predicted molar refractivity (Wildman–Crippen MR) is 96.7 cm³/mol. The maximum atomic E-state index is 5.60. The Labute approximate surface area is 148 Å². The van der Waals surface area contributed by atoms with Crippen molar-refractivity contribution in [2.45, 2.75) is 13.5 Å². The van der Waals surface area contributed by atoms with Crippen LogP contribution in [-0.4, -0.2) is 25.5 Å². The molecule has 0 spiro atoms. The summed E-state index contributed by atoms with van der Waals surface area (Å²) in [5, 5.41) is 17.9. The zero-order valence-corrected chi connectivity index (χ0v) is 14.3. The second-order valence-corrected chi connectivity index (χ2v) is 6.54. The van der Waals surface area contributed by atoms with Gasteiger partial charge in [0, 0.05) is 11.1 Å². The number of aryl methyl sites for hydroxylation is 1. The third-order valence-electron chi connectivity index (χ3n) is 3.60. The van der Waals surface area contributed by atoms with Gasteiger partial charge in [-0.15, -0.1) is 10.2 Å². The average molecular weight is 349 g/mol. The Kier molecular flexibility index (Phi) is 4.22. The monoisotopic (exact) mass is 349 g/mol. The summed E-state index contributed by atoms with van der Waals surface area (Å²) in [6, 6.07) is 19.9. The second kappa shape index (κ2) is 6.82. The Morgan fingerprint density at radius 1 is 1.00 bits per heavy atom. The second-order valence-electron chi connectivity index (χ2n) is 5.38. The summed E-state index contributed by atoms with van der Waals surface area (Å²) in [4.78, 5) is 6.35. The molecule has 2 aromatic heterocycles. The number of benzene rings is 2. The lowest BCUT2D eigenvalue weighted by Gasteiger charge is -2.07. The minimum absolute atomic E-state index is 0.202. The van der Waals surface area contributed by atoms with E-state index in [1.807, 2.05) is 67.6 Å². The molecule has 0 unspecified atom stereocenters. The first kappa shape index (κ1) is 15.5. The van der Waals surface area contributed by atoms with Crippen molar-refractivity contribution in [1.82, 2.24) is 19.8 Å². The Morgan fingerprint density at radius 3 is 2.28 bits per heavy atom. The van der Waals surface area contributed by atoms with E-state index >= 15 is 0 Å². The van der Waals surface area contributed by atoms with E-state index in [9.17, 15) is 0 Å². The maximum Gasteiger partial charge on any atom is 0.234 e. The summed E-state index contributed by atoms with van der Waals surface area (Å²) >= 11 is 1.49. The number of rotatable bonds is 5. The molecule has 0 saturated heterocycles. The molecule has 2 heterocycles. The van der Waals surface area contributed by atoms with E-state index in [2.05, 4.69) is 20.5 Å². The fourth-order valence-corrected chi connectivity index (χ4v) is 3.16. The summed E-state index contributed by atoms with van der Waals surface area (Å²) < 4.78 is 1.69. The van der Waals surface area contributed by atoms with Gasteiger partial charge in [-0.1, -0.05) is 77.2 Å². The molecular formula is C18H15N5OS. The van der Waals surface area contributed by atoms with Gasteiger partial charge in [-0.25, -0.2) is 0 Å². The topological polar surface area (TPSA) is 64.7 Å². The van der Waals surface area contributed by atoms with Gasteiger partial charge in [0.15, 0.2) is 12.4 Å². The van der Waals surface area contributed by atoms with Gasteiger partial charge < -0.3 is 4.84 Å². The van der Waals surface area contributed by atoms with Crippen LogP contribution < -0.4 is 0 Å². The Hall–Kier alpha value is -3.06. The van der Waals surface area contributed by atoms with Gasteiger partial charge in [0.05, 0.1) is 0 Å². The van der Waals surface area contributed by atoms with E-state index in [1.54, 1.807) is 4.52 Å². The third-order valence-corrected chi connectivity index (χ3v) is 4.41. The first-order valence-electron chi connectivity index (χ1n) is 7.80. The van der Waals surface area contributed by atoms with Gasteiger partial charge >= 0.3 is 0 Å². The minimum Gasteiger partial charge on any atom is -0.387 e.